The fourth-order valence-corrected chi connectivity index (χ4v) is 3.75. The smallest absolute Gasteiger partial charge is 0.475 e. The summed E-state index contributed by atoms with van der Waals surface area (Å²) in [4.78, 5) is 37.8. The number of carboxylic acid groups (broad SMARTS) is 3. The first-order valence-corrected chi connectivity index (χ1v) is 12.4. The number of rotatable bonds is 5. The molecule has 252 valence electrons. The summed E-state index contributed by atoms with van der Waals surface area (Å²) in [7, 11) is 0. The number of hydrogen-bond donors (Lipinski definition) is 3. The van der Waals surface area contributed by atoms with Crippen LogP contribution in [0.2, 0.25) is 0 Å². The van der Waals surface area contributed by atoms with Crippen LogP contribution in [0.5, 0.6) is 0 Å². The number of halogens is 9. The number of ether oxygens (including phenoxy) is 2. The minimum absolute atomic E-state index is 0.166. The molecule has 2 fully saturated rings. The van der Waals surface area contributed by atoms with Crippen molar-refractivity contribution in [2.75, 3.05) is 13.2 Å². The van der Waals surface area contributed by atoms with Crippen molar-refractivity contribution in [3.05, 3.63) is 60.2 Å². The molecule has 3 N–H and O–H groups in total. The maximum atomic E-state index is 10.6. The quantitative estimate of drug-likeness (QED) is 0.390. The fourth-order valence-electron chi connectivity index (χ4n) is 3.75. The Balaban J connectivity index is 0.000000396. The van der Waals surface area contributed by atoms with E-state index < -0.39 is 36.4 Å². The van der Waals surface area contributed by atoms with Crippen LogP contribution in [0, 0.1) is 0 Å². The van der Waals surface area contributed by atoms with Crippen LogP contribution >= 0.6 is 0 Å². The maximum absolute atomic E-state index is 10.6. The molecule has 1 aliphatic carbocycles. The fraction of sp³-hybridized carbons (Fsp3) is 0.480. The summed E-state index contributed by atoms with van der Waals surface area (Å²) in [5.74, 6) is -8.27. The molecule has 1 saturated heterocycles. The van der Waals surface area contributed by atoms with Gasteiger partial charge in [0.2, 0.25) is 0 Å². The van der Waals surface area contributed by atoms with Crippen LogP contribution in [0.1, 0.15) is 24.1 Å². The Morgan fingerprint density at radius 1 is 0.844 bits per heavy atom. The molecule has 0 aromatic carbocycles. The van der Waals surface area contributed by atoms with Crippen molar-refractivity contribution in [2.45, 2.75) is 62.8 Å². The molecule has 0 bridgehead atoms. The Morgan fingerprint density at radius 2 is 1.40 bits per heavy atom. The van der Waals surface area contributed by atoms with Crippen LogP contribution in [0.15, 0.2) is 48.9 Å². The molecule has 1 saturated carbocycles. The van der Waals surface area contributed by atoms with Gasteiger partial charge in [0.1, 0.15) is 0 Å². The van der Waals surface area contributed by atoms with Crippen molar-refractivity contribution in [3.8, 4) is 0 Å². The molecule has 0 radical (unpaired) electrons. The number of carboxylic acids is 3. The first kappa shape index (κ1) is 39.0. The van der Waals surface area contributed by atoms with E-state index in [0.29, 0.717) is 12.6 Å². The highest BCUT2D eigenvalue weighted by molar-refractivity contribution is 5.73. The van der Waals surface area contributed by atoms with Crippen LogP contribution in [-0.2, 0) is 37.0 Å². The third-order valence-corrected chi connectivity index (χ3v) is 5.66. The van der Waals surface area contributed by atoms with Crippen LogP contribution in [0.25, 0.3) is 0 Å². The molecular weight excluding hydrogens is 641 g/mol. The molecule has 2 aromatic heterocycles. The average Bonchev–Trinajstić information content (AvgIpc) is 3.37. The van der Waals surface area contributed by atoms with Crippen LogP contribution in [0.4, 0.5) is 39.5 Å². The van der Waals surface area contributed by atoms with Gasteiger partial charge >= 0.3 is 36.4 Å². The zero-order valence-corrected chi connectivity index (χ0v) is 22.7. The van der Waals surface area contributed by atoms with Crippen molar-refractivity contribution < 1.29 is 78.7 Å². The number of hydrogen-bond acceptors (Lipinski definition) is 8. The van der Waals surface area contributed by atoms with Gasteiger partial charge in [-0.3, -0.25) is 14.9 Å². The number of morpholine rings is 1. The van der Waals surface area contributed by atoms with E-state index in [1.807, 2.05) is 24.5 Å². The second kappa shape index (κ2) is 17.4. The molecule has 1 aliphatic heterocycles. The van der Waals surface area contributed by atoms with Crippen molar-refractivity contribution in [1.29, 1.82) is 0 Å². The Morgan fingerprint density at radius 3 is 1.84 bits per heavy atom. The predicted octanol–water partition coefficient (Wildman–Crippen LogP) is 4.33. The Bertz CT molecular complexity index is 1140. The van der Waals surface area contributed by atoms with Gasteiger partial charge in [-0.25, -0.2) is 14.4 Å². The van der Waals surface area contributed by atoms with E-state index in [4.69, 9.17) is 39.2 Å². The van der Waals surface area contributed by atoms with Gasteiger partial charge in [-0.15, -0.1) is 0 Å². The largest absolute Gasteiger partial charge is 0.490 e. The topological polar surface area (TPSA) is 159 Å². The van der Waals surface area contributed by atoms with Gasteiger partial charge in [0.05, 0.1) is 31.1 Å². The monoisotopic (exact) mass is 667 g/mol. The first-order valence-electron chi connectivity index (χ1n) is 12.4. The van der Waals surface area contributed by atoms with E-state index in [2.05, 4.69) is 33.1 Å². The molecule has 0 spiro atoms. The molecule has 2 aliphatic rings. The van der Waals surface area contributed by atoms with Crippen molar-refractivity contribution in [2.24, 2.45) is 0 Å². The predicted molar refractivity (Wildman–Crippen MR) is 131 cm³/mol. The number of aromatic nitrogens is 2. The molecule has 3 heterocycles. The highest BCUT2D eigenvalue weighted by Crippen LogP contribution is 2.33. The van der Waals surface area contributed by atoms with Gasteiger partial charge in [0.25, 0.3) is 0 Å². The number of alkyl halides is 9. The van der Waals surface area contributed by atoms with Crippen LogP contribution in [-0.4, -0.2) is 98.0 Å². The Hall–Kier alpha value is -4.04. The first-order chi connectivity index (χ1) is 20.7. The second-order valence-corrected chi connectivity index (χ2v) is 8.89. The van der Waals surface area contributed by atoms with E-state index in [0.717, 1.165) is 43.8 Å². The second-order valence-electron chi connectivity index (χ2n) is 8.89. The van der Waals surface area contributed by atoms with E-state index in [-0.39, 0.29) is 12.2 Å². The zero-order valence-electron chi connectivity index (χ0n) is 22.7. The van der Waals surface area contributed by atoms with Crippen LogP contribution in [0.3, 0.4) is 0 Å². The van der Waals surface area contributed by atoms with E-state index in [9.17, 15) is 39.5 Å². The normalized spacial score (nSPS) is 19.7. The molecule has 2 aromatic rings. The van der Waals surface area contributed by atoms with Gasteiger partial charge in [0.15, 0.2) is 0 Å². The van der Waals surface area contributed by atoms with Crippen molar-refractivity contribution in [3.63, 3.8) is 0 Å². The minimum Gasteiger partial charge on any atom is -0.475 e. The molecule has 20 heteroatoms. The highest BCUT2D eigenvalue weighted by Gasteiger charge is 2.43. The number of pyridine rings is 2. The molecular formula is C25H26F9N3O8. The molecule has 0 amide bonds. The third kappa shape index (κ3) is 15.0. The van der Waals surface area contributed by atoms with E-state index in [1.165, 1.54) is 0 Å². The van der Waals surface area contributed by atoms with E-state index in [1.54, 1.807) is 6.20 Å². The maximum Gasteiger partial charge on any atom is 0.490 e. The summed E-state index contributed by atoms with van der Waals surface area (Å²) in [6.07, 6.45) is -7.23. The summed E-state index contributed by atoms with van der Waals surface area (Å²) in [6, 6.07) is 10.5. The van der Waals surface area contributed by atoms with Gasteiger partial charge < -0.3 is 24.8 Å². The van der Waals surface area contributed by atoms with Gasteiger partial charge in [-0.1, -0.05) is 12.1 Å². The highest BCUT2D eigenvalue weighted by atomic mass is 19.4. The summed E-state index contributed by atoms with van der Waals surface area (Å²) in [6.45, 7) is 3.22. The summed E-state index contributed by atoms with van der Waals surface area (Å²) in [5, 5.41) is 21.4. The standard InChI is InChI=1S/C19H23N3O2.3C2HF3O2/c1-2-9-21-16(5-1)13-22-10-11-23-19-17(22)6-7-18(19)24-14-15-4-3-8-20-12-15;3*3-2(4,5)1(6)7/h1-5,8-9,12,17-19H,6-7,10-11,13-14H2;3*(H,6,7)/t17-,18+,19+;;;/m0.../s1. The minimum atomic E-state index is -5.08. The van der Waals surface area contributed by atoms with Gasteiger partial charge in [0, 0.05) is 37.7 Å². The molecule has 45 heavy (non-hydrogen) atoms. The molecule has 3 atom stereocenters. The lowest BCUT2D eigenvalue weighted by atomic mass is 10.1. The summed E-state index contributed by atoms with van der Waals surface area (Å²) in [5.41, 5.74) is 2.24. The number of carbonyl (C=O) groups is 3. The summed E-state index contributed by atoms with van der Waals surface area (Å²) < 4.78 is 107. The lowest BCUT2D eigenvalue weighted by Crippen LogP contribution is -2.51. The molecule has 11 nitrogen and oxygen atoms in total. The molecule has 0 unspecified atom stereocenters. The SMILES string of the molecule is O=C(O)C(F)(F)F.O=C(O)C(F)(F)F.O=C(O)C(F)(F)F.c1ccc(CN2CCO[C@H]3[C@H](OCc4cccnc4)CC[C@@H]32)nc1. The third-order valence-electron chi connectivity index (χ3n) is 5.66. The van der Waals surface area contributed by atoms with Crippen LogP contribution < -0.4 is 0 Å². The Kier molecular flexibility index (Phi) is 15.1. The van der Waals surface area contributed by atoms with E-state index >= 15 is 0 Å². The molecule has 4 rings (SSSR count). The Labute approximate surface area is 248 Å². The van der Waals surface area contributed by atoms with Crippen molar-refractivity contribution in [1.82, 2.24) is 14.9 Å². The van der Waals surface area contributed by atoms with Crippen molar-refractivity contribution >= 4 is 17.9 Å². The lowest BCUT2D eigenvalue weighted by molar-refractivity contribution is -0.193. The average molecular weight is 667 g/mol. The summed E-state index contributed by atoms with van der Waals surface area (Å²) >= 11 is 0. The zero-order chi connectivity index (χ0) is 34.4. The lowest BCUT2D eigenvalue weighted by Gasteiger charge is -2.38. The van der Waals surface area contributed by atoms with Gasteiger partial charge in [-0.2, -0.15) is 39.5 Å². The number of aliphatic carboxylic acids is 3. The van der Waals surface area contributed by atoms with Gasteiger partial charge in [-0.05, 0) is 36.6 Å². The number of nitrogens with zero attached hydrogens (tertiary/aromatic N) is 3. The number of fused-ring (bicyclic) bond motifs is 1.